The molecule has 3 rings (SSSR count). The molecule has 17 heavy (non-hydrogen) atoms. The van der Waals surface area contributed by atoms with Crippen LogP contribution in [0.4, 0.5) is 0 Å². The van der Waals surface area contributed by atoms with Crippen molar-refractivity contribution in [2.45, 2.75) is 6.42 Å². The van der Waals surface area contributed by atoms with Gasteiger partial charge in [0.15, 0.2) is 22.4 Å². The number of carbonyl (C=O) groups excluding carboxylic acids is 2. The van der Waals surface area contributed by atoms with Gasteiger partial charge < -0.3 is 0 Å². The SMILES string of the molecule is N#C[C@@]12C(=O)C=CC(=O)[C@]1(C#N)[C@H]1C=C[C@@H]2C1. The maximum absolute atomic E-state index is 12.1. The maximum atomic E-state index is 12.1. The molecule has 2 bridgehead atoms. The van der Waals surface area contributed by atoms with Gasteiger partial charge in [0.25, 0.3) is 0 Å². The molecule has 0 aromatic carbocycles. The molecule has 1 fully saturated rings. The van der Waals surface area contributed by atoms with E-state index in [2.05, 4.69) is 0 Å². The summed E-state index contributed by atoms with van der Waals surface area (Å²) in [6, 6.07) is 3.97. The van der Waals surface area contributed by atoms with Crippen LogP contribution < -0.4 is 0 Å². The van der Waals surface area contributed by atoms with E-state index in [1.807, 2.05) is 12.1 Å². The Morgan fingerprint density at radius 3 is 1.76 bits per heavy atom. The number of ketones is 2. The number of fused-ring (bicyclic) bond motifs is 5. The van der Waals surface area contributed by atoms with Crippen molar-refractivity contribution in [1.29, 1.82) is 10.5 Å². The Balaban J connectivity index is 2.40. The van der Waals surface area contributed by atoms with Gasteiger partial charge in [-0.15, -0.1) is 0 Å². The molecule has 4 nitrogen and oxygen atoms in total. The summed E-state index contributed by atoms with van der Waals surface area (Å²) in [5.74, 6) is -1.42. The fraction of sp³-hybridized carbons (Fsp3) is 0.385. The van der Waals surface area contributed by atoms with Crippen molar-refractivity contribution in [2.75, 3.05) is 0 Å². The van der Waals surface area contributed by atoms with Crippen molar-refractivity contribution in [3.05, 3.63) is 24.3 Å². The third-order valence-corrected chi connectivity index (χ3v) is 4.33. The number of allylic oxidation sites excluding steroid dienone is 4. The van der Waals surface area contributed by atoms with Crippen LogP contribution in [0.1, 0.15) is 6.42 Å². The minimum Gasteiger partial charge on any atom is -0.293 e. The summed E-state index contributed by atoms with van der Waals surface area (Å²) < 4.78 is 0. The van der Waals surface area contributed by atoms with Gasteiger partial charge in [0, 0.05) is 11.8 Å². The molecule has 0 aromatic heterocycles. The third-order valence-electron chi connectivity index (χ3n) is 4.33. The standard InChI is InChI=1S/C13H8N2O2/c14-6-12-8-1-2-9(5-8)13(12,7-15)11(17)4-3-10(12)16/h1-4,8-9H,5H2/t8-,9+,12-,13+. The molecule has 82 valence electrons. The highest BCUT2D eigenvalue weighted by molar-refractivity contribution is 6.15. The predicted octanol–water partition coefficient (Wildman–Crippen LogP) is 0.920. The van der Waals surface area contributed by atoms with Crippen molar-refractivity contribution >= 4 is 11.6 Å². The van der Waals surface area contributed by atoms with Crippen LogP contribution >= 0.6 is 0 Å². The van der Waals surface area contributed by atoms with Crippen LogP contribution in [-0.2, 0) is 9.59 Å². The Hall–Kier alpha value is -2.20. The van der Waals surface area contributed by atoms with Crippen LogP contribution in [0.5, 0.6) is 0 Å². The molecule has 4 heteroatoms. The van der Waals surface area contributed by atoms with Crippen molar-refractivity contribution in [3.8, 4) is 12.1 Å². The average molecular weight is 224 g/mol. The monoisotopic (exact) mass is 224 g/mol. The zero-order chi connectivity index (χ0) is 12.3. The van der Waals surface area contributed by atoms with Gasteiger partial charge in [-0.3, -0.25) is 9.59 Å². The second kappa shape index (κ2) is 2.73. The lowest BCUT2D eigenvalue weighted by Crippen LogP contribution is -2.54. The minimum absolute atomic E-state index is 0.307. The van der Waals surface area contributed by atoms with Crippen LogP contribution in [0.3, 0.4) is 0 Å². The third kappa shape index (κ3) is 0.745. The van der Waals surface area contributed by atoms with Gasteiger partial charge in [0.05, 0.1) is 12.1 Å². The van der Waals surface area contributed by atoms with Crippen molar-refractivity contribution in [1.82, 2.24) is 0 Å². The van der Waals surface area contributed by atoms with E-state index < -0.39 is 22.4 Å². The Morgan fingerprint density at radius 2 is 1.41 bits per heavy atom. The maximum Gasteiger partial charge on any atom is 0.178 e. The Kier molecular flexibility index (Phi) is 1.60. The van der Waals surface area contributed by atoms with E-state index in [0.717, 1.165) is 12.2 Å². The fourth-order valence-corrected chi connectivity index (χ4v) is 3.55. The first-order valence-electron chi connectivity index (χ1n) is 5.41. The highest BCUT2D eigenvalue weighted by Crippen LogP contribution is 2.65. The lowest BCUT2D eigenvalue weighted by molar-refractivity contribution is -0.138. The van der Waals surface area contributed by atoms with Gasteiger partial charge in [0.1, 0.15) is 0 Å². The molecule has 3 aliphatic rings. The molecule has 0 aromatic rings. The second-order valence-electron chi connectivity index (χ2n) is 4.74. The van der Waals surface area contributed by atoms with Crippen LogP contribution in [0.15, 0.2) is 24.3 Å². The molecule has 0 radical (unpaired) electrons. The molecule has 0 unspecified atom stereocenters. The molecule has 1 saturated carbocycles. The number of rotatable bonds is 0. The molecule has 0 spiro atoms. The Bertz CT molecular complexity index is 540. The second-order valence-corrected chi connectivity index (χ2v) is 4.74. The smallest absolute Gasteiger partial charge is 0.178 e. The number of carbonyl (C=O) groups is 2. The lowest BCUT2D eigenvalue weighted by atomic mass is 9.53. The van der Waals surface area contributed by atoms with Gasteiger partial charge in [-0.1, -0.05) is 12.2 Å². The first-order chi connectivity index (χ1) is 8.13. The Labute approximate surface area is 97.8 Å². The summed E-state index contributed by atoms with van der Waals surface area (Å²) in [4.78, 5) is 24.2. The average Bonchev–Trinajstić information content (AvgIpc) is 2.92. The first kappa shape index (κ1) is 9.99. The molecular weight excluding hydrogens is 216 g/mol. The Morgan fingerprint density at radius 1 is 1.00 bits per heavy atom. The zero-order valence-electron chi connectivity index (χ0n) is 8.88. The molecule has 0 aliphatic heterocycles. The van der Waals surface area contributed by atoms with E-state index in [1.54, 1.807) is 12.2 Å². The quantitative estimate of drug-likeness (QED) is 0.573. The number of nitrogens with zero attached hydrogens (tertiary/aromatic N) is 2. The summed E-state index contributed by atoms with van der Waals surface area (Å²) in [6.07, 6.45) is 6.44. The van der Waals surface area contributed by atoms with Crippen LogP contribution in [0.25, 0.3) is 0 Å². The lowest BCUT2D eigenvalue weighted by Gasteiger charge is -2.40. The summed E-state index contributed by atoms with van der Waals surface area (Å²) in [7, 11) is 0. The molecule has 3 aliphatic carbocycles. The van der Waals surface area contributed by atoms with Crippen molar-refractivity contribution in [2.24, 2.45) is 22.7 Å². The van der Waals surface area contributed by atoms with Crippen molar-refractivity contribution in [3.63, 3.8) is 0 Å². The number of nitriles is 2. The van der Waals surface area contributed by atoms with Gasteiger partial charge in [-0.05, 0) is 18.6 Å². The van der Waals surface area contributed by atoms with Gasteiger partial charge >= 0.3 is 0 Å². The molecule has 0 amide bonds. The van der Waals surface area contributed by atoms with E-state index >= 15 is 0 Å². The summed E-state index contributed by atoms with van der Waals surface area (Å²) >= 11 is 0. The number of hydrogen-bond acceptors (Lipinski definition) is 4. The van der Waals surface area contributed by atoms with Gasteiger partial charge in [0.2, 0.25) is 0 Å². The number of hydrogen-bond donors (Lipinski definition) is 0. The van der Waals surface area contributed by atoms with Crippen LogP contribution in [-0.4, -0.2) is 11.6 Å². The summed E-state index contributed by atoms with van der Waals surface area (Å²) in [6.45, 7) is 0. The normalized spacial score (nSPS) is 45.5. The summed E-state index contributed by atoms with van der Waals surface area (Å²) in [5.41, 5.74) is -2.99. The van der Waals surface area contributed by atoms with E-state index in [4.69, 9.17) is 0 Å². The highest BCUT2D eigenvalue weighted by Gasteiger charge is 2.74. The molecule has 0 heterocycles. The van der Waals surface area contributed by atoms with E-state index in [-0.39, 0.29) is 11.8 Å². The summed E-state index contributed by atoms with van der Waals surface area (Å²) in [5, 5.41) is 18.8. The highest BCUT2D eigenvalue weighted by atomic mass is 16.1. The van der Waals surface area contributed by atoms with Crippen molar-refractivity contribution < 1.29 is 9.59 Å². The predicted molar refractivity (Wildman–Crippen MR) is 56.0 cm³/mol. The van der Waals surface area contributed by atoms with Crippen LogP contribution in [0.2, 0.25) is 0 Å². The minimum atomic E-state index is -1.49. The molecule has 4 atom stereocenters. The van der Waals surface area contributed by atoms with Gasteiger partial charge in [-0.2, -0.15) is 10.5 Å². The molecular formula is C13H8N2O2. The first-order valence-corrected chi connectivity index (χ1v) is 5.41. The van der Waals surface area contributed by atoms with E-state index in [1.165, 1.54) is 0 Å². The van der Waals surface area contributed by atoms with E-state index in [9.17, 15) is 20.1 Å². The van der Waals surface area contributed by atoms with Gasteiger partial charge in [-0.25, -0.2) is 0 Å². The van der Waals surface area contributed by atoms with Crippen LogP contribution in [0, 0.1) is 45.3 Å². The zero-order valence-corrected chi connectivity index (χ0v) is 8.88. The van der Waals surface area contributed by atoms with E-state index in [0.29, 0.717) is 6.42 Å². The topological polar surface area (TPSA) is 81.7 Å². The largest absolute Gasteiger partial charge is 0.293 e. The fourth-order valence-electron chi connectivity index (χ4n) is 3.55. The molecule has 0 N–H and O–H groups in total. The molecule has 0 saturated heterocycles.